The first-order chi connectivity index (χ1) is 8.27. The van der Waals surface area contributed by atoms with Gasteiger partial charge in [0.05, 0.1) is 12.8 Å². The number of esters is 1. The van der Waals surface area contributed by atoms with Crippen LogP contribution in [-0.2, 0) is 14.9 Å². The Morgan fingerprint density at radius 3 is 2.50 bits per heavy atom. The summed E-state index contributed by atoms with van der Waals surface area (Å²) < 4.78 is 8.34. The monoisotopic (exact) mass is 271 g/mol. The van der Waals surface area contributed by atoms with Crippen molar-refractivity contribution in [2.45, 2.75) is 39.2 Å². The van der Waals surface area contributed by atoms with Crippen molar-refractivity contribution >= 4 is 23.4 Å². The molecule has 1 amide bonds. The van der Waals surface area contributed by atoms with E-state index in [1.807, 2.05) is 20.8 Å². The van der Waals surface area contributed by atoms with E-state index in [-0.39, 0.29) is 11.3 Å². The highest BCUT2D eigenvalue weighted by Gasteiger charge is 2.27. The lowest BCUT2D eigenvalue weighted by Gasteiger charge is -2.17. The van der Waals surface area contributed by atoms with Gasteiger partial charge < -0.3 is 10.1 Å². The molecule has 0 aliphatic heterocycles. The summed E-state index contributed by atoms with van der Waals surface area (Å²) in [5, 5.41) is 6.53. The summed E-state index contributed by atoms with van der Waals surface area (Å²) in [6.07, 6.45) is 0. The van der Waals surface area contributed by atoms with Crippen LogP contribution >= 0.6 is 11.5 Å². The first kappa shape index (κ1) is 14.6. The standard InChI is InChI=1S/C11H17N3O3S/c1-6(10(16)17-5)12-9(15)7-8(11(2,3)4)13-14-18-7/h6H,1-5H3,(H,12,15). The molecule has 1 atom stereocenters. The molecule has 0 aromatic carbocycles. The molecule has 0 spiro atoms. The molecule has 100 valence electrons. The highest BCUT2D eigenvalue weighted by molar-refractivity contribution is 7.08. The summed E-state index contributed by atoms with van der Waals surface area (Å²) >= 11 is 1.02. The van der Waals surface area contributed by atoms with Gasteiger partial charge in [-0.25, -0.2) is 4.79 Å². The summed E-state index contributed by atoms with van der Waals surface area (Å²) in [5.41, 5.74) is 0.357. The largest absolute Gasteiger partial charge is 0.467 e. The van der Waals surface area contributed by atoms with E-state index in [2.05, 4.69) is 19.6 Å². The fraction of sp³-hybridized carbons (Fsp3) is 0.636. The predicted molar refractivity (Wildman–Crippen MR) is 67.6 cm³/mol. The maximum atomic E-state index is 12.0. The minimum atomic E-state index is -0.697. The van der Waals surface area contributed by atoms with Crippen molar-refractivity contribution in [3.05, 3.63) is 10.6 Å². The molecule has 7 heteroatoms. The zero-order valence-corrected chi connectivity index (χ0v) is 11.9. The van der Waals surface area contributed by atoms with Crippen LogP contribution in [0.5, 0.6) is 0 Å². The van der Waals surface area contributed by atoms with Gasteiger partial charge in [-0.15, -0.1) is 5.10 Å². The summed E-state index contributed by atoms with van der Waals surface area (Å²) in [6, 6.07) is -0.697. The van der Waals surface area contributed by atoms with Crippen molar-refractivity contribution in [3.63, 3.8) is 0 Å². The number of amides is 1. The third kappa shape index (κ3) is 3.25. The van der Waals surface area contributed by atoms with Crippen LogP contribution in [0.4, 0.5) is 0 Å². The van der Waals surface area contributed by atoms with Gasteiger partial charge in [-0.2, -0.15) is 0 Å². The number of rotatable bonds is 3. The van der Waals surface area contributed by atoms with Crippen LogP contribution in [-0.4, -0.2) is 34.6 Å². The van der Waals surface area contributed by atoms with Crippen LogP contribution in [0.2, 0.25) is 0 Å². The quantitative estimate of drug-likeness (QED) is 0.833. The van der Waals surface area contributed by atoms with Gasteiger partial charge in [0, 0.05) is 5.41 Å². The average molecular weight is 271 g/mol. The molecule has 0 saturated carbocycles. The van der Waals surface area contributed by atoms with E-state index in [1.54, 1.807) is 6.92 Å². The van der Waals surface area contributed by atoms with Crippen molar-refractivity contribution in [1.82, 2.24) is 14.9 Å². The normalized spacial score (nSPS) is 12.9. The topological polar surface area (TPSA) is 81.2 Å². The maximum Gasteiger partial charge on any atom is 0.328 e. The molecular weight excluding hydrogens is 254 g/mol. The Hall–Kier alpha value is -1.50. The average Bonchev–Trinajstić information content (AvgIpc) is 2.76. The minimum absolute atomic E-state index is 0.270. The second-order valence-corrected chi connectivity index (χ2v) is 5.67. The number of aromatic nitrogens is 2. The SMILES string of the molecule is COC(=O)C(C)NC(=O)c1snnc1C(C)(C)C. The summed E-state index contributed by atoms with van der Waals surface area (Å²) in [6.45, 7) is 7.41. The Balaban J connectivity index is 2.86. The first-order valence-corrected chi connectivity index (χ1v) is 6.26. The maximum absolute atomic E-state index is 12.0. The van der Waals surface area contributed by atoms with E-state index in [1.165, 1.54) is 7.11 Å². The Morgan fingerprint density at radius 2 is 2.00 bits per heavy atom. The lowest BCUT2D eigenvalue weighted by Crippen LogP contribution is -2.39. The highest BCUT2D eigenvalue weighted by Crippen LogP contribution is 2.25. The number of nitrogens with one attached hydrogen (secondary N) is 1. The van der Waals surface area contributed by atoms with Crippen LogP contribution < -0.4 is 5.32 Å². The molecule has 6 nitrogen and oxygen atoms in total. The molecule has 1 aromatic rings. The van der Waals surface area contributed by atoms with Gasteiger partial charge in [0.25, 0.3) is 5.91 Å². The fourth-order valence-corrected chi connectivity index (χ4v) is 2.11. The number of ether oxygens (including phenoxy) is 1. The molecule has 1 unspecified atom stereocenters. The van der Waals surface area contributed by atoms with Gasteiger partial charge in [0.15, 0.2) is 0 Å². The van der Waals surface area contributed by atoms with Gasteiger partial charge >= 0.3 is 5.97 Å². The molecule has 0 aliphatic rings. The number of nitrogens with zero attached hydrogens (tertiary/aromatic N) is 2. The minimum Gasteiger partial charge on any atom is -0.467 e. The van der Waals surface area contributed by atoms with Gasteiger partial charge in [-0.05, 0) is 18.5 Å². The smallest absolute Gasteiger partial charge is 0.328 e. The first-order valence-electron chi connectivity index (χ1n) is 5.49. The van der Waals surface area contributed by atoms with E-state index in [9.17, 15) is 9.59 Å². The van der Waals surface area contributed by atoms with Crippen LogP contribution in [0.1, 0.15) is 43.1 Å². The van der Waals surface area contributed by atoms with E-state index in [4.69, 9.17) is 0 Å². The molecule has 0 aliphatic carbocycles. The third-order valence-corrected chi connectivity index (χ3v) is 3.03. The summed E-state index contributed by atoms with van der Waals surface area (Å²) in [7, 11) is 1.28. The van der Waals surface area contributed by atoms with Crippen molar-refractivity contribution in [2.75, 3.05) is 7.11 Å². The van der Waals surface area contributed by atoms with Crippen molar-refractivity contribution in [3.8, 4) is 0 Å². The van der Waals surface area contributed by atoms with Gasteiger partial charge in [0.2, 0.25) is 0 Å². The second-order valence-electron chi connectivity index (χ2n) is 4.92. The summed E-state index contributed by atoms with van der Waals surface area (Å²) in [5.74, 6) is -0.842. The number of hydrogen-bond acceptors (Lipinski definition) is 6. The predicted octanol–water partition coefficient (Wildman–Crippen LogP) is 1.13. The molecule has 1 rings (SSSR count). The number of carbonyl (C=O) groups is 2. The molecule has 0 bridgehead atoms. The number of carbonyl (C=O) groups excluding carboxylic acids is 2. The Morgan fingerprint density at radius 1 is 1.39 bits per heavy atom. The molecule has 1 N–H and O–H groups in total. The van der Waals surface area contributed by atoms with E-state index in [0.29, 0.717) is 10.6 Å². The zero-order valence-electron chi connectivity index (χ0n) is 11.1. The van der Waals surface area contributed by atoms with E-state index >= 15 is 0 Å². The van der Waals surface area contributed by atoms with Crippen LogP contribution in [0.15, 0.2) is 0 Å². The molecule has 1 heterocycles. The Labute approximate surface area is 110 Å². The van der Waals surface area contributed by atoms with Gasteiger partial charge in [-0.1, -0.05) is 25.3 Å². The van der Waals surface area contributed by atoms with E-state index in [0.717, 1.165) is 11.5 Å². The number of hydrogen-bond donors (Lipinski definition) is 1. The summed E-state index contributed by atoms with van der Waals surface area (Å²) in [4.78, 5) is 23.7. The van der Waals surface area contributed by atoms with Crippen LogP contribution in [0.25, 0.3) is 0 Å². The van der Waals surface area contributed by atoms with Crippen molar-refractivity contribution in [1.29, 1.82) is 0 Å². The molecule has 0 fully saturated rings. The van der Waals surface area contributed by atoms with Crippen molar-refractivity contribution in [2.24, 2.45) is 0 Å². The van der Waals surface area contributed by atoms with Crippen LogP contribution in [0.3, 0.4) is 0 Å². The highest BCUT2D eigenvalue weighted by atomic mass is 32.1. The molecule has 0 radical (unpaired) electrons. The fourth-order valence-electron chi connectivity index (χ4n) is 1.33. The number of methoxy groups -OCH3 is 1. The lowest BCUT2D eigenvalue weighted by atomic mass is 9.91. The van der Waals surface area contributed by atoms with Crippen LogP contribution in [0, 0.1) is 0 Å². The van der Waals surface area contributed by atoms with Crippen molar-refractivity contribution < 1.29 is 14.3 Å². The molecule has 1 aromatic heterocycles. The van der Waals surface area contributed by atoms with Gasteiger partial charge in [0.1, 0.15) is 10.9 Å². The molecule has 0 saturated heterocycles. The second kappa shape index (κ2) is 5.43. The molecule has 18 heavy (non-hydrogen) atoms. The molecular formula is C11H17N3O3S. The van der Waals surface area contributed by atoms with E-state index < -0.39 is 12.0 Å². The zero-order chi connectivity index (χ0) is 13.9. The van der Waals surface area contributed by atoms with Gasteiger partial charge in [-0.3, -0.25) is 4.79 Å². The lowest BCUT2D eigenvalue weighted by molar-refractivity contribution is -0.142. The third-order valence-electron chi connectivity index (χ3n) is 2.31. The Kier molecular flexibility index (Phi) is 4.39. The Bertz CT molecular complexity index is 451.